The molecular weight excluding hydrogens is 240 g/mol. The van der Waals surface area contributed by atoms with Gasteiger partial charge < -0.3 is 14.5 Å². The van der Waals surface area contributed by atoms with Gasteiger partial charge in [0.1, 0.15) is 5.52 Å². The topological polar surface area (TPSA) is 47.3 Å². The van der Waals surface area contributed by atoms with E-state index in [0.717, 1.165) is 42.3 Å². The van der Waals surface area contributed by atoms with Gasteiger partial charge in [0.15, 0.2) is 11.5 Å². The van der Waals surface area contributed by atoms with Gasteiger partial charge in [-0.2, -0.15) is 0 Å². The number of hydrogen-bond acceptors (Lipinski definition) is 4. The number of fused-ring (bicyclic) bond motifs is 1. The molecule has 1 saturated heterocycles. The quantitative estimate of drug-likeness (QED) is 0.917. The Morgan fingerprint density at radius 1 is 1.21 bits per heavy atom. The predicted molar refractivity (Wildman–Crippen MR) is 73.4 cm³/mol. The lowest BCUT2D eigenvalue weighted by molar-refractivity contribution is 0.0876. The Balaban J connectivity index is 1.56. The van der Waals surface area contributed by atoms with Crippen LogP contribution in [0.25, 0.3) is 11.1 Å². The highest BCUT2D eigenvalue weighted by atomic mass is 16.5. The zero-order chi connectivity index (χ0) is 12.7. The minimum atomic E-state index is 0.418. The highest BCUT2D eigenvalue weighted by Gasteiger charge is 2.28. The average molecular weight is 258 g/mol. The largest absolute Gasteiger partial charge is 0.440 e. The van der Waals surface area contributed by atoms with Crippen LogP contribution >= 0.6 is 0 Å². The summed E-state index contributed by atoms with van der Waals surface area (Å²) in [4.78, 5) is 4.59. The first kappa shape index (κ1) is 11.3. The van der Waals surface area contributed by atoms with Gasteiger partial charge in [0.25, 0.3) is 0 Å². The molecule has 1 unspecified atom stereocenters. The van der Waals surface area contributed by atoms with Crippen LogP contribution in [0.4, 0.5) is 5.69 Å². The van der Waals surface area contributed by atoms with Gasteiger partial charge in [0.2, 0.25) is 0 Å². The van der Waals surface area contributed by atoms with E-state index in [1.807, 2.05) is 6.07 Å². The summed E-state index contributed by atoms with van der Waals surface area (Å²) in [5, 5.41) is 3.52. The number of rotatable bonds is 3. The molecule has 1 aromatic carbocycles. The molecule has 1 aliphatic carbocycles. The molecule has 4 rings (SSSR count). The van der Waals surface area contributed by atoms with Gasteiger partial charge in [-0.15, -0.1) is 0 Å². The van der Waals surface area contributed by atoms with Crippen molar-refractivity contribution in [3.05, 3.63) is 24.1 Å². The van der Waals surface area contributed by atoms with Gasteiger partial charge in [0.05, 0.1) is 6.61 Å². The number of nitrogens with one attached hydrogen (secondary N) is 1. The number of aromatic nitrogens is 1. The van der Waals surface area contributed by atoms with E-state index < -0.39 is 0 Å². The first-order chi connectivity index (χ1) is 9.38. The molecule has 0 amide bonds. The van der Waals surface area contributed by atoms with E-state index in [-0.39, 0.29) is 0 Å². The van der Waals surface area contributed by atoms with Gasteiger partial charge in [-0.3, -0.25) is 0 Å². The van der Waals surface area contributed by atoms with Gasteiger partial charge in [-0.1, -0.05) is 0 Å². The molecule has 4 nitrogen and oxygen atoms in total. The number of hydrogen-bond donors (Lipinski definition) is 1. The van der Waals surface area contributed by atoms with E-state index in [1.54, 1.807) is 0 Å². The molecule has 1 saturated carbocycles. The van der Waals surface area contributed by atoms with Crippen molar-refractivity contribution in [1.29, 1.82) is 0 Å². The van der Waals surface area contributed by atoms with E-state index in [9.17, 15) is 0 Å². The molecule has 4 heteroatoms. The Labute approximate surface area is 112 Å². The fourth-order valence-corrected chi connectivity index (χ4v) is 2.63. The SMILES string of the molecule is c1cc2oc(C3CC3)nc2cc1NC1CCCOC1. The van der Waals surface area contributed by atoms with Crippen molar-refractivity contribution in [2.45, 2.75) is 37.6 Å². The molecule has 19 heavy (non-hydrogen) atoms. The second kappa shape index (κ2) is 4.53. The standard InChI is InChI=1S/C15H18N2O2/c1-2-12(9-18-7-1)16-11-5-6-14-13(8-11)17-15(19-14)10-3-4-10/h5-6,8,10,12,16H,1-4,7,9H2. The predicted octanol–water partition coefficient (Wildman–Crippen LogP) is 3.30. The summed E-state index contributed by atoms with van der Waals surface area (Å²) in [5.74, 6) is 1.48. The van der Waals surface area contributed by atoms with Crippen LogP contribution in [0, 0.1) is 0 Å². The summed E-state index contributed by atoms with van der Waals surface area (Å²) >= 11 is 0. The number of anilines is 1. The first-order valence-electron chi connectivity index (χ1n) is 7.13. The minimum Gasteiger partial charge on any atom is -0.440 e. The van der Waals surface area contributed by atoms with Crippen molar-refractivity contribution in [1.82, 2.24) is 4.98 Å². The molecule has 1 atom stereocenters. The molecule has 1 N–H and O–H groups in total. The van der Waals surface area contributed by atoms with Crippen molar-refractivity contribution in [2.75, 3.05) is 18.5 Å². The van der Waals surface area contributed by atoms with Crippen molar-refractivity contribution in [3.8, 4) is 0 Å². The van der Waals surface area contributed by atoms with Gasteiger partial charge >= 0.3 is 0 Å². The third-order valence-corrected chi connectivity index (χ3v) is 3.86. The van der Waals surface area contributed by atoms with E-state index in [0.29, 0.717) is 12.0 Å². The monoisotopic (exact) mass is 258 g/mol. The van der Waals surface area contributed by atoms with Crippen LogP contribution in [0.5, 0.6) is 0 Å². The number of oxazole rings is 1. The van der Waals surface area contributed by atoms with Gasteiger partial charge in [-0.25, -0.2) is 4.98 Å². The molecule has 1 aliphatic heterocycles. The van der Waals surface area contributed by atoms with Crippen LogP contribution in [0.1, 0.15) is 37.5 Å². The molecule has 1 aromatic heterocycles. The molecule has 0 radical (unpaired) electrons. The zero-order valence-electron chi connectivity index (χ0n) is 10.9. The molecule has 2 aliphatic rings. The zero-order valence-corrected chi connectivity index (χ0v) is 10.9. The highest BCUT2D eigenvalue weighted by molar-refractivity contribution is 5.77. The van der Waals surface area contributed by atoms with E-state index >= 15 is 0 Å². The normalized spacial score (nSPS) is 23.7. The van der Waals surface area contributed by atoms with Crippen molar-refractivity contribution >= 4 is 16.8 Å². The van der Waals surface area contributed by atoms with Gasteiger partial charge in [0, 0.05) is 24.3 Å². The Morgan fingerprint density at radius 3 is 2.95 bits per heavy atom. The van der Waals surface area contributed by atoms with E-state index in [1.165, 1.54) is 19.3 Å². The molecule has 0 bridgehead atoms. The number of nitrogens with zero attached hydrogens (tertiary/aromatic N) is 1. The van der Waals surface area contributed by atoms with Crippen LogP contribution in [-0.2, 0) is 4.74 Å². The lowest BCUT2D eigenvalue weighted by Crippen LogP contribution is -2.29. The smallest absolute Gasteiger partial charge is 0.198 e. The lowest BCUT2D eigenvalue weighted by atomic mass is 10.1. The summed E-state index contributed by atoms with van der Waals surface area (Å²) in [7, 11) is 0. The van der Waals surface area contributed by atoms with Crippen molar-refractivity contribution in [2.24, 2.45) is 0 Å². The average Bonchev–Trinajstić information content (AvgIpc) is 3.20. The van der Waals surface area contributed by atoms with Crippen LogP contribution in [-0.4, -0.2) is 24.2 Å². The fourth-order valence-electron chi connectivity index (χ4n) is 2.63. The minimum absolute atomic E-state index is 0.418. The summed E-state index contributed by atoms with van der Waals surface area (Å²) in [6, 6.07) is 6.58. The Bertz CT molecular complexity index is 583. The summed E-state index contributed by atoms with van der Waals surface area (Å²) in [6.45, 7) is 1.69. The van der Waals surface area contributed by atoms with Crippen LogP contribution < -0.4 is 5.32 Å². The molecule has 0 spiro atoms. The maximum absolute atomic E-state index is 5.77. The first-order valence-corrected chi connectivity index (χ1v) is 7.13. The summed E-state index contributed by atoms with van der Waals surface area (Å²) in [6.07, 6.45) is 4.74. The maximum atomic E-state index is 5.77. The van der Waals surface area contributed by atoms with E-state index in [2.05, 4.69) is 22.4 Å². The Kier molecular flexibility index (Phi) is 2.69. The summed E-state index contributed by atoms with van der Waals surface area (Å²) in [5.41, 5.74) is 2.97. The molecule has 2 heterocycles. The fraction of sp³-hybridized carbons (Fsp3) is 0.533. The van der Waals surface area contributed by atoms with Gasteiger partial charge in [-0.05, 0) is 43.9 Å². The maximum Gasteiger partial charge on any atom is 0.198 e. The number of ether oxygens (including phenoxy) is 1. The molecular formula is C15H18N2O2. The van der Waals surface area contributed by atoms with Crippen molar-refractivity contribution in [3.63, 3.8) is 0 Å². The van der Waals surface area contributed by atoms with Crippen molar-refractivity contribution < 1.29 is 9.15 Å². The Hall–Kier alpha value is -1.55. The van der Waals surface area contributed by atoms with Crippen LogP contribution in [0.15, 0.2) is 22.6 Å². The second-order valence-electron chi connectivity index (χ2n) is 5.57. The third-order valence-electron chi connectivity index (χ3n) is 3.86. The van der Waals surface area contributed by atoms with Crippen LogP contribution in [0.2, 0.25) is 0 Å². The molecule has 2 aromatic rings. The van der Waals surface area contributed by atoms with E-state index in [4.69, 9.17) is 9.15 Å². The lowest BCUT2D eigenvalue weighted by Gasteiger charge is -2.24. The van der Waals surface area contributed by atoms with Crippen LogP contribution in [0.3, 0.4) is 0 Å². The third kappa shape index (κ3) is 2.32. The second-order valence-corrected chi connectivity index (χ2v) is 5.57. The molecule has 100 valence electrons. The Morgan fingerprint density at radius 2 is 2.16 bits per heavy atom. The summed E-state index contributed by atoms with van der Waals surface area (Å²) < 4.78 is 11.3. The number of benzene rings is 1. The highest BCUT2D eigenvalue weighted by Crippen LogP contribution is 2.40. The molecule has 2 fully saturated rings.